The first-order valence-corrected chi connectivity index (χ1v) is 9.48. The number of hydrogen-bond donors (Lipinski definition) is 2. The zero-order chi connectivity index (χ0) is 20.6. The molecule has 2 N–H and O–H groups in total. The van der Waals surface area contributed by atoms with E-state index in [1.54, 1.807) is 26.4 Å². The van der Waals surface area contributed by atoms with Gasteiger partial charge in [-0.25, -0.2) is 0 Å². The second-order valence-corrected chi connectivity index (χ2v) is 7.55. The number of carboxylic acid groups (broad SMARTS) is 1. The van der Waals surface area contributed by atoms with E-state index in [-0.39, 0.29) is 24.3 Å². The number of amides is 1. The monoisotopic (exact) mass is 397 g/mol. The van der Waals surface area contributed by atoms with Crippen molar-refractivity contribution < 1.29 is 28.9 Å². The third-order valence-corrected chi connectivity index (χ3v) is 5.64. The van der Waals surface area contributed by atoms with Crippen LogP contribution < -0.4 is 19.5 Å². The van der Waals surface area contributed by atoms with E-state index in [4.69, 9.17) is 14.2 Å². The van der Waals surface area contributed by atoms with Crippen molar-refractivity contribution in [3.05, 3.63) is 41.5 Å². The van der Waals surface area contributed by atoms with Crippen LogP contribution in [0.1, 0.15) is 35.2 Å². The Kier molecular flexibility index (Phi) is 4.82. The number of nitrogens with one attached hydrogen (secondary N) is 1. The van der Waals surface area contributed by atoms with E-state index in [0.717, 1.165) is 29.5 Å². The van der Waals surface area contributed by atoms with Crippen LogP contribution in [-0.4, -0.2) is 37.8 Å². The number of carboxylic acids is 1. The minimum Gasteiger partial charge on any atom is -0.493 e. The van der Waals surface area contributed by atoms with E-state index in [2.05, 4.69) is 5.32 Å². The molecule has 0 aromatic heterocycles. The lowest BCUT2D eigenvalue weighted by molar-refractivity contribution is -0.138. The number of aliphatic carboxylic acids is 1. The van der Waals surface area contributed by atoms with Crippen LogP contribution in [0.25, 0.3) is 11.1 Å². The first-order chi connectivity index (χ1) is 14.0. The van der Waals surface area contributed by atoms with Crippen LogP contribution in [0.4, 0.5) is 0 Å². The van der Waals surface area contributed by atoms with Gasteiger partial charge in [-0.05, 0) is 42.2 Å². The van der Waals surface area contributed by atoms with E-state index >= 15 is 0 Å². The molecule has 152 valence electrons. The predicted octanol–water partition coefficient (Wildman–Crippen LogP) is 3.25. The summed E-state index contributed by atoms with van der Waals surface area (Å²) in [5, 5.41) is 12.0. The number of rotatable bonds is 8. The van der Waals surface area contributed by atoms with E-state index in [9.17, 15) is 14.7 Å². The summed E-state index contributed by atoms with van der Waals surface area (Å²) in [7, 11) is 3.09. The maximum Gasteiger partial charge on any atom is 0.304 e. The fraction of sp³-hybridized carbons (Fsp3) is 0.364. The average Bonchev–Trinajstić information content (AvgIpc) is 3.37. The maximum absolute atomic E-state index is 12.1. The minimum absolute atomic E-state index is 0.0772. The van der Waals surface area contributed by atoms with Crippen molar-refractivity contribution in [3.8, 4) is 28.4 Å². The van der Waals surface area contributed by atoms with Crippen LogP contribution in [0.3, 0.4) is 0 Å². The highest BCUT2D eigenvalue weighted by molar-refractivity contribution is 6.01. The van der Waals surface area contributed by atoms with Gasteiger partial charge < -0.3 is 24.6 Å². The lowest BCUT2D eigenvalue weighted by Gasteiger charge is -2.21. The van der Waals surface area contributed by atoms with Crippen molar-refractivity contribution in [1.29, 1.82) is 0 Å². The topological polar surface area (TPSA) is 94.1 Å². The molecular formula is C22H23NO6. The van der Waals surface area contributed by atoms with Crippen LogP contribution >= 0.6 is 0 Å². The highest BCUT2D eigenvalue weighted by Gasteiger charge is 2.45. The van der Waals surface area contributed by atoms with Gasteiger partial charge >= 0.3 is 5.97 Å². The lowest BCUT2D eigenvalue weighted by atomic mass is 9.95. The van der Waals surface area contributed by atoms with E-state index in [1.165, 1.54) is 0 Å². The molecule has 0 unspecified atom stereocenters. The zero-order valence-corrected chi connectivity index (χ0v) is 16.4. The Bertz CT molecular complexity index is 980. The minimum atomic E-state index is -0.825. The van der Waals surface area contributed by atoms with Gasteiger partial charge in [0, 0.05) is 23.1 Å². The van der Waals surface area contributed by atoms with Gasteiger partial charge in [0.1, 0.15) is 0 Å². The SMILES string of the molecule is COc1ccc(-c2cccc3c2CNC3=O)c(OCC2(CC(=O)O)CC2)c1OC. The molecule has 0 saturated heterocycles. The summed E-state index contributed by atoms with van der Waals surface area (Å²) in [6.07, 6.45) is 1.72. The molecule has 0 spiro atoms. The maximum atomic E-state index is 12.1. The Morgan fingerprint density at radius 3 is 2.48 bits per heavy atom. The van der Waals surface area contributed by atoms with Crippen molar-refractivity contribution in [3.63, 3.8) is 0 Å². The summed E-state index contributed by atoms with van der Waals surface area (Å²) in [4.78, 5) is 23.3. The summed E-state index contributed by atoms with van der Waals surface area (Å²) < 4.78 is 17.2. The van der Waals surface area contributed by atoms with E-state index in [0.29, 0.717) is 29.4 Å². The largest absolute Gasteiger partial charge is 0.493 e. The van der Waals surface area contributed by atoms with E-state index in [1.807, 2.05) is 18.2 Å². The van der Waals surface area contributed by atoms with Crippen molar-refractivity contribution in [2.24, 2.45) is 5.41 Å². The molecule has 1 amide bonds. The van der Waals surface area contributed by atoms with Crippen molar-refractivity contribution >= 4 is 11.9 Å². The van der Waals surface area contributed by atoms with Crippen LogP contribution in [0.5, 0.6) is 17.2 Å². The van der Waals surface area contributed by atoms with Crippen LogP contribution in [0, 0.1) is 5.41 Å². The second-order valence-electron chi connectivity index (χ2n) is 7.55. The van der Waals surface area contributed by atoms with Gasteiger partial charge in [-0.3, -0.25) is 9.59 Å². The van der Waals surface area contributed by atoms with Crippen molar-refractivity contribution in [1.82, 2.24) is 5.32 Å². The molecule has 2 aliphatic rings. The summed E-state index contributed by atoms with van der Waals surface area (Å²) in [6, 6.07) is 9.26. The summed E-state index contributed by atoms with van der Waals surface area (Å²) >= 11 is 0. The molecule has 29 heavy (non-hydrogen) atoms. The highest BCUT2D eigenvalue weighted by atomic mass is 16.5. The quantitative estimate of drug-likeness (QED) is 0.710. The average molecular weight is 397 g/mol. The van der Waals surface area contributed by atoms with Gasteiger partial charge in [-0.2, -0.15) is 0 Å². The molecule has 1 aliphatic carbocycles. The Morgan fingerprint density at radius 2 is 1.83 bits per heavy atom. The molecule has 1 heterocycles. The van der Waals surface area contributed by atoms with Gasteiger partial charge in [-0.15, -0.1) is 0 Å². The third kappa shape index (κ3) is 3.48. The van der Waals surface area contributed by atoms with E-state index < -0.39 is 5.97 Å². The van der Waals surface area contributed by atoms with Gasteiger partial charge in [0.2, 0.25) is 5.75 Å². The summed E-state index contributed by atoms with van der Waals surface area (Å²) in [5.74, 6) is 0.552. The number of hydrogen-bond acceptors (Lipinski definition) is 5. The first kappa shape index (κ1) is 19.1. The molecule has 0 radical (unpaired) electrons. The molecule has 7 heteroatoms. The third-order valence-electron chi connectivity index (χ3n) is 5.64. The van der Waals surface area contributed by atoms with Crippen LogP contribution in [0.2, 0.25) is 0 Å². The highest BCUT2D eigenvalue weighted by Crippen LogP contribution is 2.51. The fourth-order valence-corrected chi connectivity index (χ4v) is 3.86. The lowest BCUT2D eigenvalue weighted by Crippen LogP contribution is -2.18. The molecule has 2 aromatic carbocycles. The number of ether oxygens (including phenoxy) is 3. The predicted molar refractivity (Wildman–Crippen MR) is 106 cm³/mol. The van der Waals surface area contributed by atoms with Crippen LogP contribution in [-0.2, 0) is 11.3 Å². The molecule has 1 aliphatic heterocycles. The number of carbonyl (C=O) groups excluding carboxylic acids is 1. The van der Waals surface area contributed by atoms with Crippen LogP contribution in [0.15, 0.2) is 30.3 Å². The molecule has 1 fully saturated rings. The zero-order valence-electron chi connectivity index (χ0n) is 16.4. The first-order valence-electron chi connectivity index (χ1n) is 9.48. The Hall–Kier alpha value is -3.22. The van der Waals surface area contributed by atoms with Gasteiger partial charge in [0.15, 0.2) is 11.5 Å². The molecule has 0 atom stereocenters. The number of benzene rings is 2. The number of methoxy groups -OCH3 is 2. The standard InChI is InChI=1S/C22H23NO6/c1-27-17-7-6-14(13-4-3-5-15-16(13)11-23-21(15)26)19(20(17)28-2)29-12-22(8-9-22)10-18(24)25/h3-7H,8-12H2,1-2H3,(H,23,26)(H,24,25). The molecule has 2 aromatic rings. The van der Waals surface area contributed by atoms with Gasteiger partial charge in [-0.1, -0.05) is 12.1 Å². The Balaban J connectivity index is 1.77. The van der Waals surface area contributed by atoms with Crippen molar-refractivity contribution in [2.45, 2.75) is 25.8 Å². The van der Waals surface area contributed by atoms with Gasteiger partial charge in [0.25, 0.3) is 5.91 Å². The fourth-order valence-electron chi connectivity index (χ4n) is 3.86. The molecule has 7 nitrogen and oxygen atoms in total. The summed E-state index contributed by atoms with van der Waals surface area (Å²) in [5.41, 5.74) is 2.86. The number of fused-ring (bicyclic) bond motifs is 1. The summed E-state index contributed by atoms with van der Waals surface area (Å²) in [6.45, 7) is 0.725. The van der Waals surface area contributed by atoms with Crippen molar-refractivity contribution in [2.75, 3.05) is 20.8 Å². The molecule has 0 bridgehead atoms. The molecule has 1 saturated carbocycles. The molecular weight excluding hydrogens is 374 g/mol. The number of carbonyl (C=O) groups is 2. The normalized spacial score (nSPS) is 16.0. The van der Waals surface area contributed by atoms with Gasteiger partial charge in [0.05, 0.1) is 27.2 Å². The Morgan fingerprint density at radius 1 is 1.07 bits per heavy atom. The smallest absolute Gasteiger partial charge is 0.304 e. The molecule has 4 rings (SSSR count). The second kappa shape index (κ2) is 7.31. The Labute approximate surface area is 168 Å².